The summed E-state index contributed by atoms with van der Waals surface area (Å²) in [7, 11) is 0. The van der Waals surface area contributed by atoms with Crippen molar-refractivity contribution in [1.29, 1.82) is 0 Å². The molecule has 0 aliphatic carbocycles. The second-order valence-electron chi connectivity index (χ2n) is 11.3. The van der Waals surface area contributed by atoms with Crippen LogP contribution in [0.3, 0.4) is 0 Å². The van der Waals surface area contributed by atoms with E-state index in [9.17, 15) is 31.9 Å². The van der Waals surface area contributed by atoms with Gasteiger partial charge < -0.3 is 19.9 Å². The zero-order chi connectivity index (χ0) is 34.5. The van der Waals surface area contributed by atoms with Gasteiger partial charge in [0.05, 0.1) is 23.8 Å². The molecule has 1 saturated heterocycles. The minimum atomic E-state index is -2.33. The van der Waals surface area contributed by atoms with Gasteiger partial charge in [-0.25, -0.2) is 26.9 Å². The molecular weight excluding hydrogens is 663 g/mol. The van der Waals surface area contributed by atoms with Crippen molar-refractivity contribution in [1.82, 2.24) is 10.3 Å². The third-order valence-corrected chi connectivity index (χ3v) is 9.08. The maximum atomic E-state index is 14.1. The van der Waals surface area contributed by atoms with Gasteiger partial charge in [-0.2, -0.15) is 0 Å². The molecule has 252 valence electrons. The number of nitrogens with one attached hydrogen (secondary N) is 1. The average molecular weight is 693 g/mol. The van der Waals surface area contributed by atoms with E-state index in [0.717, 1.165) is 32.8 Å². The number of halogens is 5. The maximum absolute atomic E-state index is 14.1. The number of hydrogen-bond donors (Lipinski definition) is 2. The predicted molar refractivity (Wildman–Crippen MR) is 173 cm³/mol. The number of thioether (sulfide) groups is 1. The zero-order valence-corrected chi connectivity index (χ0v) is 26.5. The number of aromatic nitrogens is 1. The molecule has 12 heteroatoms. The number of ether oxygens (including phenoxy) is 2. The second-order valence-corrected chi connectivity index (χ2v) is 12.3. The third kappa shape index (κ3) is 7.83. The molecule has 1 amide bonds. The van der Waals surface area contributed by atoms with Crippen LogP contribution in [0.15, 0.2) is 102 Å². The van der Waals surface area contributed by atoms with Crippen molar-refractivity contribution in [3.8, 4) is 11.1 Å². The monoisotopic (exact) mass is 692 g/mol. The van der Waals surface area contributed by atoms with Crippen LogP contribution in [0.1, 0.15) is 51.4 Å². The first-order valence-electron chi connectivity index (χ1n) is 15.2. The standard InChI is InChI=1S/C37H29F5N2O4S/c38-31-30(32(39)34(41)35(42)33(31)40)36(46)44-18-22-4-3-5-26(16-22)23-11-13-25(14-12-23)37-47-27(20-49-29-6-1-2-15-43-29)17-28(48-37)24-9-7-21(19-45)8-10-24/h1-16,27-28,37,45H,17-20H2,(H,44,46). The minimum absolute atomic E-state index is 0.0524. The highest BCUT2D eigenvalue weighted by Gasteiger charge is 2.33. The summed E-state index contributed by atoms with van der Waals surface area (Å²) in [6.07, 6.45) is 1.31. The molecule has 0 bridgehead atoms. The lowest BCUT2D eigenvalue weighted by molar-refractivity contribution is -0.245. The van der Waals surface area contributed by atoms with Crippen LogP contribution >= 0.6 is 11.8 Å². The van der Waals surface area contributed by atoms with Crippen LogP contribution in [0.25, 0.3) is 11.1 Å². The van der Waals surface area contributed by atoms with E-state index in [1.54, 1.807) is 36.2 Å². The molecule has 1 aromatic heterocycles. The largest absolute Gasteiger partial charge is 0.392 e. The van der Waals surface area contributed by atoms with Gasteiger partial charge >= 0.3 is 0 Å². The molecule has 2 heterocycles. The number of carbonyl (C=O) groups is 1. The number of pyridine rings is 1. The summed E-state index contributed by atoms with van der Waals surface area (Å²) in [5.74, 6) is -11.9. The van der Waals surface area contributed by atoms with E-state index in [1.165, 1.54) is 0 Å². The van der Waals surface area contributed by atoms with Crippen LogP contribution in [0, 0.1) is 29.1 Å². The van der Waals surface area contributed by atoms with E-state index >= 15 is 0 Å². The second kappa shape index (κ2) is 15.3. The SMILES string of the molecule is O=C(NCc1cccc(-c2ccc(C3OC(CSc4ccccn4)CC(c4ccc(CO)cc4)O3)cc2)c1)c1c(F)c(F)c(F)c(F)c1F. The number of rotatable bonds is 10. The average Bonchev–Trinajstić information content (AvgIpc) is 3.15. The molecule has 49 heavy (non-hydrogen) atoms. The predicted octanol–water partition coefficient (Wildman–Crippen LogP) is 8.20. The fourth-order valence-electron chi connectivity index (χ4n) is 5.40. The summed E-state index contributed by atoms with van der Waals surface area (Å²) in [4.78, 5) is 16.8. The molecule has 0 saturated carbocycles. The summed E-state index contributed by atoms with van der Waals surface area (Å²) in [6, 6.07) is 27.8. The molecule has 3 atom stereocenters. The van der Waals surface area contributed by atoms with E-state index in [0.29, 0.717) is 17.7 Å². The van der Waals surface area contributed by atoms with E-state index in [-0.39, 0.29) is 25.4 Å². The maximum Gasteiger partial charge on any atom is 0.257 e. The van der Waals surface area contributed by atoms with Crippen LogP contribution in [0.2, 0.25) is 0 Å². The Hall–Kier alpha value is -4.62. The highest BCUT2D eigenvalue weighted by Crippen LogP contribution is 2.40. The van der Waals surface area contributed by atoms with Gasteiger partial charge in [-0.05, 0) is 46.0 Å². The van der Waals surface area contributed by atoms with Crippen LogP contribution in [-0.2, 0) is 22.6 Å². The van der Waals surface area contributed by atoms with Gasteiger partial charge in [-0.15, -0.1) is 11.8 Å². The molecule has 1 aliphatic rings. The van der Waals surface area contributed by atoms with Gasteiger partial charge in [-0.1, -0.05) is 72.8 Å². The Bertz CT molecular complexity index is 1900. The van der Waals surface area contributed by atoms with Crippen molar-refractivity contribution in [2.24, 2.45) is 0 Å². The Kier molecular flexibility index (Phi) is 10.7. The van der Waals surface area contributed by atoms with Crippen molar-refractivity contribution < 1.29 is 41.3 Å². The highest BCUT2D eigenvalue weighted by molar-refractivity contribution is 7.99. The van der Waals surface area contributed by atoms with Crippen LogP contribution in [0.5, 0.6) is 0 Å². The fourth-order valence-corrected chi connectivity index (χ4v) is 6.28. The molecule has 6 rings (SSSR count). The molecule has 5 aromatic rings. The van der Waals surface area contributed by atoms with Gasteiger partial charge in [0.25, 0.3) is 5.91 Å². The zero-order valence-electron chi connectivity index (χ0n) is 25.7. The smallest absolute Gasteiger partial charge is 0.257 e. The summed E-state index contributed by atoms with van der Waals surface area (Å²) < 4.78 is 81.6. The van der Waals surface area contributed by atoms with E-state index in [1.807, 2.05) is 72.8 Å². The van der Waals surface area contributed by atoms with E-state index < -0.39 is 46.8 Å². The molecule has 2 N–H and O–H groups in total. The summed E-state index contributed by atoms with van der Waals surface area (Å²) in [5, 5.41) is 12.6. The van der Waals surface area contributed by atoms with Gasteiger partial charge in [0.1, 0.15) is 5.56 Å². The van der Waals surface area contributed by atoms with Crippen LogP contribution < -0.4 is 5.32 Å². The Labute approximate surface area is 282 Å². The lowest BCUT2D eigenvalue weighted by Gasteiger charge is -2.36. The summed E-state index contributed by atoms with van der Waals surface area (Å²) >= 11 is 1.60. The number of benzene rings is 4. The lowest BCUT2D eigenvalue weighted by Crippen LogP contribution is -2.31. The molecule has 1 fully saturated rings. The Morgan fingerprint density at radius 3 is 2.14 bits per heavy atom. The highest BCUT2D eigenvalue weighted by atomic mass is 32.2. The van der Waals surface area contributed by atoms with Crippen LogP contribution in [-0.4, -0.2) is 27.9 Å². The number of hydrogen-bond acceptors (Lipinski definition) is 6. The molecule has 0 radical (unpaired) electrons. The lowest BCUT2D eigenvalue weighted by atomic mass is 9.99. The fraction of sp³-hybridized carbons (Fsp3) is 0.189. The third-order valence-electron chi connectivity index (χ3n) is 8.00. The number of carbonyl (C=O) groups excluding carboxylic acids is 1. The first-order chi connectivity index (χ1) is 23.7. The number of nitrogens with zero attached hydrogens (tertiary/aromatic N) is 1. The quantitative estimate of drug-likeness (QED) is 0.0665. The molecule has 1 aliphatic heterocycles. The van der Waals surface area contributed by atoms with Gasteiger partial charge in [0.2, 0.25) is 5.82 Å². The number of amides is 1. The molecule has 4 aromatic carbocycles. The Morgan fingerprint density at radius 2 is 1.47 bits per heavy atom. The normalized spacial score (nSPS) is 17.6. The Balaban J connectivity index is 1.16. The number of aliphatic hydroxyl groups is 1. The van der Waals surface area contributed by atoms with Crippen LogP contribution in [0.4, 0.5) is 22.0 Å². The molecule has 3 unspecified atom stereocenters. The van der Waals surface area contributed by atoms with E-state index in [2.05, 4.69) is 10.3 Å². The van der Waals surface area contributed by atoms with Crippen molar-refractivity contribution in [2.45, 2.75) is 43.1 Å². The van der Waals surface area contributed by atoms with Crippen molar-refractivity contribution in [2.75, 3.05) is 5.75 Å². The van der Waals surface area contributed by atoms with Gasteiger partial charge in [-0.3, -0.25) is 4.79 Å². The van der Waals surface area contributed by atoms with Crippen molar-refractivity contribution >= 4 is 17.7 Å². The van der Waals surface area contributed by atoms with Crippen molar-refractivity contribution in [3.05, 3.63) is 154 Å². The molecule has 6 nitrogen and oxygen atoms in total. The number of aliphatic hydroxyl groups excluding tert-OH is 1. The molecular formula is C37H29F5N2O4S. The summed E-state index contributed by atoms with van der Waals surface area (Å²) in [5.41, 5.74) is 3.12. The van der Waals surface area contributed by atoms with E-state index in [4.69, 9.17) is 9.47 Å². The van der Waals surface area contributed by atoms with Gasteiger partial charge in [0.15, 0.2) is 29.6 Å². The van der Waals surface area contributed by atoms with Gasteiger partial charge in [0, 0.05) is 30.5 Å². The Morgan fingerprint density at radius 1 is 0.776 bits per heavy atom. The molecule has 0 spiro atoms. The first kappa shape index (κ1) is 34.3. The topological polar surface area (TPSA) is 80.7 Å². The first-order valence-corrected chi connectivity index (χ1v) is 16.2. The summed E-state index contributed by atoms with van der Waals surface area (Å²) in [6.45, 7) is -0.282. The minimum Gasteiger partial charge on any atom is -0.392 e. The van der Waals surface area contributed by atoms with Crippen molar-refractivity contribution in [3.63, 3.8) is 0 Å².